The number of hydrogen-bond donors (Lipinski definition) is 0. The van der Waals surface area contributed by atoms with Gasteiger partial charge in [-0.1, -0.05) is 12.1 Å². The summed E-state index contributed by atoms with van der Waals surface area (Å²) in [5.41, 5.74) is 5.92. The van der Waals surface area contributed by atoms with Crippen LogP contribution in [0.5, 0.6) is 0 Å². The summed E-state index contributed by atoms with van der Waals surface area (Å²) in [5, 5.41) is 5.78. The lowest BCUT2D eigenvalue weighted by atomic mass is 10.1. The fourth-order valence-corrected chi connectivity index (χ4v) is 4.77. The number of carbonyl (C=O) groups excluding carboxylic acids is 1. The minimum Gasteiger partial charge on any atom is -0.353 e. The summed E-state index contributed by atoms with van der Waals surface area (Å²) >= 11 is 0. The molecule has 1 fully saturated rings. The van der Waals surface area contributed by atoms with Crippen LogP contribution in [0.15, 0.2) is 30.3 Å². The van der Waals surface area contributed by atoms with Gasteiger partial charge >= 0.3 is 0 Å². The van der Waals surface area contributed by atoms with Crippen LogP contribution in [0.3, 0.4) is 0 Å². The Labute approximate surface area is 193 Å². The summed E-state index contributed by atoms with van der Waals surface area (Å²) in [6.45, 7) is 11.0. The molecule has 0 atom stereocenters. The van der Waals surface area contributed by atoms with E-state index in [2.05, 4.69) is 27.9 Å². The van der Waals surface area contributed by atoms with Crippen LogP contribution in [-0.2, 0) is 11.2 Å². The molecule has 1 saturated heterocycles. The van der Waals surface area contributed by atoms with Crippen LogP contribution in [0.2, 0.25) is 0 Å². The number of aryl methyl sites for hydroxylation is 4. The van der Waals surface area contributed by atoms with Gasteiger partial charge in [-0.15, -0.1) is 0 Å². The van der Waals surface area contributed by atoms with Gasteiger partial charge in [0.1, 0.15) is 11.6 Å². The summed E-state index contributed by atoms with van der Waals surface area (Å²) in [7, 11) is 0. The van der Waals surface area contributed by atoms with Gasteiger partial charge in [0.15, 0.2) is 5.65 Å². The number of benzene rings is 1. The van der Waals surface area contributed by atoms with Crippen LogP contribution >= 0.6 is 0 Å². The van der Waals surface area contributed by atoms with Gasteiger partial charge in [0.25, 0.3) is 0 Å². The van der Waals surface area contributed by atoms with Gasteiger partial charge in [0.2, 0.25) is 5.91 Å². The number of hydrogen-bond acceptors (Lipinski definition) is 6. The predicted octanol–water partition coefficient (Wildman–Crippen LogP) is 3.19. The third-order valence-corrected chi connectivity index (χ3v) is 6.52. The van der Waals surface area contributed by atoms with E-state index in [1.165, 1.54) is 0 Å². The highest BCUT2D eigenvalue weighted by molar-refractivity contribution is 5.92. The van der Waals surface area contributed by atoms with Crippen molar-refractivity contribution in [3.63, 3.8) is 0 Å². The Bertz CT molecular complexity index is 1330. The zero-order valence-corrected chi connectivity index (χ0v) is 19.7. The summed E-state index contributed by atoms with van der Waals surface area (Å²) in [5.74, 6) is 1.92. The van der Waals surface area contributed by atoms with Crippen molar-refractivity contribution in [3.8, 4) is 0 Å². The molecule has 0 unspecified atom stereocenters. The van der Waals surface area contributed by atoms with E-state index in [4.69, 9.17) is 10.1 Å². The topological polar surface area (TPSA) is 79.5 Å². The maximum atomic E-state index is 13.0. The van der Waals surface area contributed by atoms with Crippen molar-refractivity contribution in [2.45, 2.75) is 40.5 Å². The number of rotatable bonds is 4. The molecule has 1 aliphatic heterocycles. The first-order valence-electron chi connectivity index (χ1n) is 11.5. The normalized spacial score (nSPS) is 14.4. The second-order valence-corrected chi connectivity index (χ2v) is 8.80. The maximum Gasteiger partial charge on any atom is 0.223 e. The van der Waals surface area contributed by atoms with E-state index in [0.717, 1.165) is 63.9 Å². The molecule has 4 heterocycles. The van der Waals surface area contributed by atoms with Crippen molar-refractivity contribution in [1.82, 2.24) is 29.5 Å². The number of amides is 1. The molecule has 0 aliphatic carbocycles. The van der Waals surface area contributed by atoms with E-state index in [9.17, 15) is 4.79 Å². The maximum absolute atomic E-state index is 13.0. The Morgan fingerprint density at radius 1 is 0.970 bits per heavy atom. The quantitative estimate of drug-likeness (QED) is 0.482. The number of carbonyl (C=O) groups is 1. The molecule has 0 N–H and O–H groups in total. The molecular weight excluding hydrogens is 414 g/mol. The minimum absolute atomic E-state index is 0.189. The molecule has 1 aromatic carbocycles. The Morgan fingerprint density at radius 2 is 1.73 bits per heavy atom. The van der Waals surface area contributed by atoms with Crippen LogP contribution in [0.25, 0.3) is 16.6 Å². The molecule has 1 aliphatic rings. The zero-order valence-electron chi connectivity index (χ0n) is 19.7. The number of fused-ring (bicyclic) bond motifs is 3. The average molecular weight is 444 g/mol. The summed E-state index contributed by atoms with van der Waals surface area (Å²) < 4.78 is 1.92. The number of aromatic nitrogens is 5. The van der Waals surface area contributed by atoms with E-state index >= 15 is 0 Å². The van der Waals surface area contributed by atoms with E-state index < -0.39 is 0 Å². The molecule has 8 nitrogen and oxygen atoms in total. The largest absolute Gasteiger partial charge is 0.353 e. The molecule has 0 bridgehead atoms. The van der Waals surface area contributed by atoms with Crippen LogP contribution in [0.4, 0.5) is 5.82 Å². The lowest BCUT2D eigenvalue weighted by molar-refractivity contribution is -0.131. The molecule has 8 heteroatoms. The molecule has 33 heavy (non-hydrogen) atoms. The van der Waals surface area contributed by atoms with E-state index in [-0.39, 0.29) is 5.91 Å². The molecule has 3 aromatic heterocycles. The minimum atomic E-state index is 0.189. The van der Waals surface area contributed by atoms with E-state index in [1.54, 1.807) is 0 Å². The highest BCUT2D eigenvalue weighted by Crippen LogP contribution is 2.23. The fourth-order valence-electron chi connectivity index (χ4n) is 4.77. The molecule has 0 saturated carbocycles. The van der Waals surface area contributed by atoms with Gasteiger partial charge < -0.3 is 9.80 Å². The Balaban J connectivity index is 1.26. The number of nitrogens with zero attached hydrogens (tertiary/aromatic N) is 7. The van der Waals surface area contributed by atoms with Gasteiger partial charge in [0.05, 0.1) is 5.52 Å². The van der Waals surface area contributed by atoms with Gasteiger partial charge in [0, 0.05) is 61.1 Å². The predicted molar refractivity (Wildman–Crippen MR) is 129 cm³/mol. The van der Waals surface area contributed by atoms with Crippen molar-refractivity contribution < 1.29 is 4.79 Å². The summed E-state index contributed by atoms with van der Waals surface area (Å²) in [6, 6.07) is 10.1. The van der Waals surface area contributed by atoms with Crippen molar-refractivity contribution in [2.75, 3.05) is 31.1 Å². The number of anilines is 1. The van der Waals surface area contributed by atoms with Crippen LogP contribution in [0.1, 0.15) is 34.9 Å². The molecule has 170 valence electrons. The van der Waals surface area contributed by atoms with Gasteiger partial charge in [-0.2, -0.15) is 5.10 Å². The Kier molecular flexibility index (Phi) is 5.44. The van der Waals surface area contributed by atoms with Crippen molar-refractivity contribution >= 4 is 28.3 Å². The smallest absolute Gasteiger partial charge is 0.223 e. The average Bonchev–Trinajstić information content (AvgIpc) is 3.17. The molecular formula is C25H29N7O. The molecule has 4 aromatic rings. The molecule has 0 radical (unpaired) electrons. The standard InChI is InChI=1S/C25H29N7O/c1-16-15-23(28-19(4)26-16)30-11-13-31(14-12-30)24(33)10-9-20-17(2)27-25-21-7-5-6-8-22(21)29-32(25)18(20)3/h5-8,15H,9-14H2,1-4H3. The molecule has 5 rings (SSSR count). The number of piperazine rings is 1. The molecule has 1 amide bonds. The van der Waals surface area contributed by atoms with Gasteiger partial charge in [-0.3, -0.25) is 4.79 Å². The van der Waals surface area contributed by atoms with E-state index in [1.807, 2.05) is 54.5 Å². The third-order valence-electron chi connectivity index (χ3n) is 6.52. The van der Waals surface area contributed by atoms with Crippen LogP contribution in [0, 0.1) is 27.7 Å². The lowest BCUT2D eigenvalue weighted by Crippen LogP contribution is -2.49. The highest BCUT2D eigenvalue weighted by Gasteiger charge is 2.23. The first-order valence-corrected chi connectivity index (χ1v) is 11.5. The highest BCUT2D eigenvalue weighted by atomic mass is 16.2. The third kappa shape index (κ3) is 4.01. The fraction of sp³-hybridized carbons (Fsp3) is 0.400. The summed E-state index contributed by atoms with van der Waals surface area (Å²) in [4.78, 5) is 30.9. The van der Waals surface area contributed by atoms with E-state index in [0.29, 0.717) is 25.9 Å². The summed E-state index contributed by atoms with van der Waals surface area (Å²) in [6.07, 6.45) is 1.14. The van der Waals surface area contributed by atoms with Crippen molar-refractivity contribution in [1.29, 1.82) is 0 Å². The SMILES string of the molecule is Cc1cc(N2CCN(C(=O)CCc3c(C)nc4c5ccccc5nn4c3C)CC2)nc(C)n1. The monoisotopic (exact) mass is 443 g/mol. The first kappa shape index (κ1) is 21.3. The van der Waals surface area contributed by atoms with Gasteiger partial charge in [-0.05, 0) is 51.8 Å². The van der Waals surface area contributed by atoms with Crippen LogP contribution < -0.4 is 4.90 Å². The van der Waals surface area contributed by atoms with Crippen molar-refractivity contribution in [3.05, 3.63) is 58.8 Å². The van der Waals surface area contributed by atoms with Crippen LogP contribution in [-0.4, -0.2) is 61.6 Å². The lowest BCUT2D eigenvalue weighted by Gasteiger charge is -2.35. The van der Waals surface area contributed by atoms with Gasteiger partial charge in [-0.25, -0.2) is 19.5 Å². The molecule has 0 spiro atoms. The Morgan fingerprint density at radius 3 is 2.48 bits per heavy atom. The zero-order chi connectivity index (χ0) is 23.1. The second-order valence-electron chi connectivity index (χ2n) is 8.80. The second kappa shape index (κ2) is 8.42. The first-order chi connectivity index (χ1) is 15.9. The van der Waals surface area contributed by atoms with Crippen molar-refractivity contribution in [2.24, 2.45) is 0 Å². The Hall–Kier alpha value is -3.55.